The Morgan fingerprint density at radius 3 is 2.20 bits per heavy atom. The Morgan fingerprint density at radius 1 is 1.20 bits per heavy atom. The van der Waals surface area contributed by atoms with Crippen molar-refractivity contribution in [3.05, 3.63) is 39.6 Å². The maximum absolute atomic E-state index is 12.9. The van der Waals surface area contributed by atoms with E-state index in [9.17, 15) is 23.1 Å². The molecule has 1 heterocycles. The number of rotatable bonds is 1. The summed E-state index contributed by atoms with van der Waals surface area (Å²) in [5, 5.41) is 14.0. The molecule has 3 nitrogen and oxygen atoms in total. The third-order valence-electron chi connectivity index (χ3n) is 5.32. The van der Waals surface area contributed by atoms with Gasteiger partial charge in [-0.05, 0) is 68.4 Å². The van der Waals surface area contributed by atoms with Gasteiger partial charge in [0.2, 0.25) is 0 Å². The van der Waals surface area contributed by atoms with E-state index >= 15 is 0 Å². The standard InChI is InChI=1S/C18H19ClF3NO2/c1-9-7-12(19)8-10(2)13(9)14-15(24)17(23-16(14)25)5-3-11(4-6-17)18(20,21)22/h7-8,11,24H,3-6H2,1-2H3,(H,23,25). The van der Waals surface area contributed by atoms with Crippen LogP contribution in [0.1, 0.15) is 42.4 Å². The summed E-state index contributed by atoms with van der Waals surface area (Å²) in [7, 11) is 0. The molecule has 7 heteroatoms. The molecule has 25 heavy (non-hydrogen) atoms. The fourth-order valence-electron chi connectivity index (χ4n) is 4.02. The van der Waals surface area contributed by atoms with Gasteiger partial charge in [0.05, 0.1) is 17.0 Å². The molecule has 1 aliphatic heterocycles. The first kappa shape index (κ1) is 18.1. The maximum atomic E-state index is 12.9. The predicted molar refractivity (Wildman–Crippen MR) is 89.4 cm³/mol. The highest BCUT2D eigenvalue weighted by Crippen LogP contribution is 2.47. The summed E-state index contributed by atoms with van der Waals surface area (Å²) in [5.41, 5.74) is 1.13. The zero-order chi connectivity index (χ0) is 18.6. The monoisotopic (exact) mass is 373 g/mol. The van der Waals surface area contributed by atoms with Crippen LogP contribution >= 0.6 is 11.6 Å². The molecule has 1 spiro atoms. The molecule has 3 rings (SSSR count). The highest BCUT2D eigenvalue weighted by Gasteiger charge is 2.52. The van der Waals surface area contributed by atoms with E-state index in [0.717, 1.165) is 11.1 Å². The first-order valence-corrected chi connectivity index (χ1v) is 8.53. The second-order valence-electron chi connectivity index (χ2n) is 6.99. The van der Waals surface area contributed by atoms with Gasteiger partial charge in [0, 0.05) is 5.02 Å². The number of carbonyl (C=O) groups is 1. The van der Waals surface area contributed by atoms with Gasteiger partial charge in [-0.3, -0.25) is 4.79 Å². The first-order valence-electron chi connectivity index (χ1n) is 8.15. The Hall–Kier alpha value is -1.69. The van der Waals surface area contributed by atoms with Crippen molar-refractivity contribution in [1.29, 1.82) is 0 Å². The molecule has 1 aliphatic carbocycles. The number of benzene rings is 1. The molecule has 1 aromatic carbocycles. The summed E-state index contributed by atoms with van der Waals surface area (Å²) < 4.78 is 38.7. The lowest BCUT2D eigenvalue weighted by Gasteiger charge is -2.37. The molecule has 136 valence electrons. The van der Waals surface area contributed by atoms with Crippen molar-refractivity contribution in [2.45, 2.75) is 51.2 Å². The second-order valence-corrected chi connectivity index (χ2v) is 7.43. The van der Waals surface area contributed by atoms with Crippen molar-refractivity contribution in [2.24, 2.45) is 5.92 Å². The van der Waals surface area contributed by atoms with Crippen LogP contribution in [0.15, 0.2) is 17.9 Å². The van der Waals surface area contributed by atoms with Gasteiger partial charge in [0.25, 0.3) is 5.91 Å². The number of amides is 1. The number of hydrogen-bond donors (Lipinski definition) is 2. The van der Waals surface area contributed by atoms with E-state index in [2.05, 4.69) is 5.32 Å². The minimum absolute atomic E-state index is 0.0733. The van der Waals surface area contributed by atoms with Crippen LogP contribution in [0.3, 0.4) is 0 Å². The van der Waals surface area contributed by atoms with Crippen molar-refractivity contribution >= 4 is 23.1 Å². The fraction of sp³-hybridized carbons (Fsp3) is 0.500. The van der Waals surface area contributed by atoms with E-state index in [4.69, 9.17) is 11.6 Å². The summed E-state index contributed by atoms with van der Waals surface area (Å²) >= 11 is 6.02. The highest BCUT2D eigenvalue weighted by molar-refractivity contribution is 6.31. The Morgan fingerprint density at radius 2 is 1.72 bits per heavy atom. The average molecular weight is 374 g/mol. The van der Waals surface area contributed by atoms with E-state index < -0.39 is 23.5 Å². The molecule has 2 N–H and O–H groups in total. The number of halogens is 4. The van der Waals surface area contributed by atoms with E-state index in [1.165, 1.54) is 0 Å². The summed E-state index contributed by atoms with van der Waals surface area (Å²) in [6, 6.07) is 3.39. The Kier molecular flexibility index (Phi) is 4.30. The lowest BCUT2D eigenvalue weighted by atomic mass is 9.75. The lowest BCUT2D eigenvalue weighted by Crippen LogP contribution is -2.48. The van der Waals surface area contributed by atoms with Gasteiger partial charge in [-0.2, -0.15) is 13.2 Å². The normalized spacial score (nSPS) is 27.1. The van der Waals surface area contributed by atoms with E-state index in [-0.39, 0.29) is 37.0 Å². The van der Waals surface area contributed by atoms with Gasteiger partial charge < -0.3 is 10.4 Å². The van der Waals surface area contributed by atoms with Crippen LogP contribution in [0.5, 0.6) is 0 Å². The maximum Gasteiger partial charge on any atom is 0.391 e. The van der Waals surface area contributed by atoms with Crippen molar-refractivity contribution in [3.8, 4) is 0 Å². The number of aryl methyl sites for hydroxylation is 2. The number of aliphatic hydroxyl groups is 1. The minimum atomic E-state index is -4.24. The summed E-state index contributed by atoms with van der Waals surface area (Å²) in [4.78, 5) is 12.5. The lowest BCUT2D eigenvalue weighted by molar-refractivity contribution is -0.184. The van der Waals surface area contributed by atoms with Crippen molar-refractivity contribution in [1.82, 2.24) is 5.32 Å². The zero-order valence-corrected chi connectivity index (χ0v) is 14.7. The molecule has 0 aromatic heterocycles. The average Bonchev–Trinajstić information content (AvgIpc) is 2.70. The third-order valence-corrected chi connectivity index (χ3v) is 5.54. The van der Waals surface area contributed by atoms with Gasteiger partial charge >= 0.3 is 6.18 Å². The molecular weight excluding hydrogens is 355 g/mol. The predicted octanol–water partition coefficient (Wildman–Crippen LogP) is 4.85. The molecule has 1 amide bonds. The van der Waals surface area contributed by atoms with Gasteiger partial charge in [-0.25, -0.2) is 0 Å². The second kappa shape index (κ2) is 5.94. The Labute approximate surface area is 148 Å². The van der Waals surface area contributed by atoms with Crippen LogP contribution in [0, 0.1) is 19.8 Å². The number of alkyl halides is 3. The van der Waals surface area contributed by atoms with Crippen LogP contribution in [0.25, 0.3) is 5.57 Å². The first-order chi connectivity index (χ1) is 11.5. The molecule has 0 atom stereocenters. The highest BCUT2D eigenvalue weighted by atomic mass is 35.5. The van der Waals surface area contributed by atoms with E-state index in [0.29, 0.717) is 10.6 Å². The number of carbonyl (C=O) groups excluding carboxylic acids is 1. The van der Waals surface area contributed by atoms with E-state index in [1.54, 1.807) is 26.0 Å². The zero-order valence-electron chi connectivity index (χ0n) is 13.9. The molecule has 1 fully saturated rings. The SMILES string of the molecule is Cc1cc(Cl)cc(C)c1C1=C(O)C2(CCC(C(F)(F)F)CC2)NC1=O. The Bertz CT molecular complexity index is 739. The van der Waals surface area contributed by atoms with Crippen LogP contribution < -0.4 is 5.32 Å². The molecular formula is C18H19ClF3NO2. The smallest absolute Gasteiger partial charge is 0.391 e. The van der Waals surface area contributed by atoms with Crippen LogP contribution in [-0.2, 0) is 4.79 Å². The van der Waals surface area contributed by atoms with Crippen molar-refractivity contribution in [3.63, 3.8) is 0 Å². The van der Waals surface area contributed by atoms with Gasteiger partial charge in [0.1, 0.15) is 5.76 Å². The minimum Gasteiger partial charge on any atom is -0.509 e. The van der Waals surface area contributed by atoms with Crippen molar-refractivity contribution in [2.75, 3.05) is 0 Å². The Balaban J connectivity index is 1.99. The number of aliphatic hydroxyl groups excluding tert-OH is 1. The van der Waals surface area contributed by atoms with Gasteiger partial charge in [0.15, 0.2) is 0 Å². The molecule has 0 unspecified atom stereocenters. The number of nitrogens with one attached hydrogen (secondary N) is 1. The van der Waals surface area contributed by atoms with Gasteiger partial charge in [-0.15, -0.1) is 0 Å². The van der Waals surface area contributed by atoms with Crippen LogP contribution in [-0.4, -0.2) is 22.7 Å². The van der Waals surface area contributed by atoms with Crippen LogP contribution in [0.2, 0.25) is 5.02 Å². The van der Waals surface area contributed by atoms with Gasteiger partial charge in [-0.1, -0.05) is 11.6 Å². The molecule has 1 aromatic rings. The molecule has 0 radical (unpaired) electrons. The van der Waals surface area contributed by atoms with E-state index in [1.807, 2.05) is 0 Å². The largest absolute Gasteiger partial charge is 0.509 e. The molecule has 2 aliphatic rings. The quantitative estimate of drug-likeness (QED) is 0.739. The molecule has 0 bridgehead atoms. The summed E-state index contributed by atoms with van der Waals surface area (Å²) in [6.45, 7) is 3.57. The number of hydrogen-bond acceptors (Lipinski definition) is 2. The molecule has 1 saturated carbocycles. The van der Waals surface area contributed by atoms with Crippen LogP contribution in [0.4, 0.5) is 13.2 Å². The summed E-state index contributed by atoms with van der Waals surface area (Å²) in [5.74, 6) is -1.98. The topological polar surface area (TPSA) is 49.3 Å². The molecule has 0 saturated heterocycles. The third kappa shape index (κ3) is 3.01. The fourth-order valence-corrected chi connectivity index (χ4v) is 4.35. The summed E-state index contributed by atoms with van der Waals surface area (Å²) in [6.07, 6.45) is -4.32. The van der Waals surface area contributed by atoms with Crippen molar-refractivity contribution < 1.29 is 23.1 Å².